The summed E-state index contributed by atoms with van der Waals surface area (Å²) < 4.78 is 5.09. The van der Waals surface area contributed by atoms with Gasteiger partial charge in [-0.3, -0.25) is 15.5 Å². The van der Waals surface area contributed by atoms with Crippen LogP contribution in [-0.2, 0) is 22.6 Å². The van der Waals surface area contributed by atoms with Crippen LogP contribution in [0.3, 0.4) is 0 Å². The number of hydrogen-bond acceptors (Lipinski definition) is 4. The van der Waals surface area contributed by atoms with Crippen LogP contribution in [0.15, 0.2) is 54.6 Å². The maximum absolute atomic E-state index is 11.8. The van der Waals surface area contributed by atoms with E-state index >= 15 is 0 Å². The van der Waals surface area contributed by atoms with Crippen LogP contribution < -0.4 is 5.32 Å². The van der Waals surface area contributed by atoms with Crippen LogP contribution in [0.1, 0.15) is 36.0 Å². The fourth-order valence-corrected chi connectivity index (χ4v) is 2.38. The number of ether oxygens (including phenoxy) is 1. The molecule has 0 atom stereocenters. The molecule has 6 heteroatoms. The number of alkyl carbamates (subject to hydrolysis) is 1. The van der Waals surface area contributed by atoms with Crippen molar-refractivity contribution in [3.63, 3.8) is 0 Å². The number of carbonyl (C=O) groups excluding carboxylic acids is 1. The molecule has 136 valence electrons. The Hall–Kier alpha value is -3.15. The number of carbonyl (C=O) groups is 2. The van der Waals surface area contributed by atoms with E-state index in [1.54, 1.807) is 12.1 Å². The van der Waals surface area contributed by atoms with Crippen LogP contribution in [0.4, 0.5) is 4.79 Å². The number of amides is 1. The van der Waals surface area contributed by atoms with Crippen molar-refractivity contribution in [2.24, 2.45) is 0 Å². The van der Waals surface area contributed by atoms with Gasteiger partial charge in [-0.2, -0.15) is 0 Å². The number of aryl methyl sites for hydroxylation is 1. The molecule has 0 aliphatic heterocycles. The van der Waals surface area contributed by atoms with Crippen molar-refractivity contribution in [1.82, 2.24) is 5.32 Å². The Balaban J connectivity index is 1.76. The van der Waals surface area contributed by atoms with E-state index in [1.165, 1.54) is 0 Å². The van der Waals surface area contributed by atoms with Gasteiger partial charge in [-0.05, 0) is 30.4 Å². The Morgan fingerprint density at radius 2 is 1.65 bits per heavy atom. The predicted molar refractivity (Wildman–Crippen MR) is 98.2 cm³/mol. The van der Waals surface area contributed by atoms with E-state index < -0.39 is 12.1 Å². The first-order valence-electron chi connectivity index (χ1n) is 8.42. The highest BCUT2D eigenvalue weighted by Crippen LogP contribution is 2.09. The number of unbranched alkanes of at least 4 members (excludes halogenated alkanes) is 1. The summed E-state index contributed by atoms with van der Waals surface area (Å²) >= 11 is 0. The van der Waals surface area contributed by atoms with Crippen LogP contribution >= 0.6 is 0 Å². The molecular formula is C20H22N2O4. The van der Waals surface area contributed by atoms with Gasteiger partial charge in [-0.25, -0.2) is 4.79 Å². The molecule has 1 amide bonds. The second kappa shape index (κ2) is 9.98. The SMILES string of the molecule is N=C(NC(=O)OCc1ccccc1)c1ccc(CCCCC(=O)O)cc1. The van der Waals surface area contributed by atoms with Gasteiger partial charge in [0.1, 0.15) is 12.4 Å². The first kappa shape index (κ1) is 19.2. The maximum atomic E-state index is 11.8. The zero-order chi connectivity index (χ0) is 18.8. The molecular weight excluding hydrogens is 332 g/mol. The number of aliphatic carboxylic acids is 1. The Bertz CT molecular complexity index is 742. The molecule has 2 aromatic carbocycles. The fraction of sp³-hybridized carbons (Fsp3) is 0.250. The van der Waals surface area contributed by atoms with Crippen LogP contribution in [-0.4, -0.2) is 23.0 Å². The van der Waals surface area contributed by atoms with Gasteiger partial charge < -0.3 is 9.84 Å². The molecule has 0 heterocycles. The van der Waals surface area contributed by atoms with E-state index in [0.717, 1.165) is 24.0 Å². The Kier molecular flexibility index (Phi) is 7.36. The van der Waals surface area contributed by atoms with E-state index in [2.05, 4.69) is 5.32 Å². The van der Waals surface area contributed by atoms with Gasteiger partial charge in [0.25, 0.3) is 0 Å². The highest BCUT2D eigenvalue weighted by Gasteiger charge is 2.08. The topological polar surface area (TPSA) is 99.5 Å². The first-order valence-corrected chi connectivity index (χ1v) is 8.42. The third-order valence-corrected chi connectivity index (χ3v) is 3.79. The molecule has 26 heavy (non-hydrogen) atoms. The summed E-state index contributed by atoms with van der Waals surface area (Å²) in [5.41, 5.74) is 2.52. The number of carboxylic acid groups (broad SMARTS) is 1. The van der Waals surface area contributed by atoms with Crippen molar-refractivity contribution < 1.29 is 19.4 Å². The molecule has 0 unspecified atom stereocenters. The maximum Gasteiger partial charge on any atom is 0.413 e. The van der Waals surface area contributed by atoms with Crippen molar-refractivity contribution in [1.29, 1.82) is 5.41 Å². The van der Waals surface area contributed by atoms with Gasteiger partial charge in [0.2, 0.25) is 0 Å². The molecule has 0 saturated heterocycles. The number of benzene rings is 2. The second-order valence-corrected chi connectivity index (χ2v) is 5.86. The fourth-order valence-electron chi connectivity index (χ4n) is 2.38. The van der Waals surface area contributed by atoms with Gasteiger partial charge in [0, 0.05) is 12.0 Å². The lowest BCUT2D eigenvalue weighted by Gasteiger charge is -2.09. The van der Waals surface area contributed by atoms with Crippen molar-refractivity contribution in [3.05, 3.63) is 71.3 Å². The molecule has 0 aliphatic rings. The standard InChI is InChI=1S/C20H22N2O4/c21-19(22-20(25)26-14-16-7-2-1-3-8-16)17-12-10-15(11-13-17)6-4-5-9-18(23)24/h1-3,7-8,10-13H,4-6,9,14H2,(H,23,24)(H2,21,22,25). The number of hydrogen-bond donors (Lipinski definition) is 3. The largest absolute Gasteiger partial charge is 0.481 e. The van der Waals surface area contributed by atoms with Crippen LogP contribution in [0.25, 0.3) is 0 Å². The molecule has 0 aromatic heterocycles. The van der Waals surface area contributed by atoms with E-state index in [-0.39, 0.29) is 18.9 Å². The number of nitrogens with one attached hydrogen (secondary N) is 2. The number of amidine groups is 1. The van der Waals surface area contributed by atoms with Gasteiger partial charge >= 0.3 is 12.1 Å². The molecule has 2 rings (SSSR count). The average molecular weight is 354 g/mol. The highest BCUT2D eigenvalue weighted by atomic mass is 16.5. The molecule has 2 aromatic rings. The van der Waals surface area contributed by atoms with Crippen molar-refractivity contribution in [2.45, 2.75) is 32.3 Å². The highest BCUT2D eigenvalue weighted by molar-refractivity contribution is 6.04. The van der Waals surface area contributed by atoms with Gasteiger partial charge in [-0.1, -0.05) is 54.6 Å². The zero-order valence-electron chi connectivity index (χ0n) is 14.4. The van der Waals surface area contributed by atoms with E-state index in [4.69, 9.17) is 15.3 Å². The quantitative estimate of drug-likeness (QED) is 0.382. The molecule has 0 radical (unpaired) electrons. The predicted octanol–water partition coefficient (Wildman–Crippen LogP) is 3.74. The summed E-state index contributed by atoms with van der Waals surface area (Å²) in [7, 11) is 0. The van der Waals surface area contributed by atoms with Crippen molar-refractivity contribution in [3.8, 4) is 0 Å². The summed E-state index contributed by atoms with van der Waals surface area (Å²) in [4.78, 5) is 22.3. The number of carboxylic acids is 1. The van der Waals surface area contributed by atoms with Crippen LogP contribution in [0, 0.1) is 5.41 Å². The molecule has 0 aliphatic carbocycles. The lowest BCUT2D eigenvalue weighted by molar-refractivity contribution is -0.137. The molecule has 0 saturated carbocycles. The minimum absolute atomic E-state index is 0.0273. The van der Waals surface area contributed by atoms with E-state index in [1.807, 2.05) is 42.5 Å². The minimum atomic E-state index is -0.779. The molecule has 0 spiro atoms. The van der Waals surface area contributed by atoms with Gasteiger partial charge in [0.15, 0.2) is 0 Å². The number of rotatable bonds is 8. The summed E-state index contributed by atoms with van der Waals surface area (Å²) in [6.07, 6.45) is 1.73. The molecule has 3 N–H and O–H groups in total. The van der Waals surface area contributed by atoms with E-state index in [0.29, 0.717) is 12.0 Å². The third kappa shape index (κ3) is 6.76. The summed E-state index contributed by atoms with van der Waals surface area (Å²) in [5, 5.41) is 19.0. The summed E-state index contributed by atoms with van der Waals surface area (Å²) in [6, 6.07) is 16.6. The third-order valence-electron chi connectivity index (χ3n) is 3.79. The molecule has 0 fully saturated rings. The Labute approximate surface area is 152 Å². The smallest absolute Gasteiger partial charge is 0.413 e. The molecule has 0 bridgehead atoms. The summed E-state index contributed by atoms with van der Waals surface area (Å²) in [6.45, 7) is 0.148. The van der Waals surface area contributed by atoms with Crippen LogP contribution in [0.5, 0.6) is 0 Å². The Morgan fingerprint density at radius 3 is 2.31 bits per heavy atom. The second-order valence-electron chi connectivity index (χ2n) is 5.86. The van der Waals surface area contributed by atoms with E-state index in [9.17, 15) is 9.59 Å². The summed E-state index contributed by atoms with van der Waals surface area (Å²) in [5.74, 6) is -0.806. The van der Waals surface area contributed by atoms with Gasteiger partial charge in [-0.15, -0.1) is 0 Å². The average Bonchev–Trinajstić information content (AvgIpc) is 2.65. The zero-order valence-corrected chi connectivity index (χ0v) is 14.4. The van der Waals surface area contributed by atoms with Crippen molar-refractivity contribution in [2.75, 3.05) is 0 Å². The molecule has 6 nitrogen and oxygen atoms in total. The van der Waals surface area contributed by atoms with Crippen molar-refractivity contribution >= 4 is 17.9 Å². The normalized spacial score (nSPS) is 10.2. The van der Waals surface area contributed by atoms with Gasteiger partial charge in [0.05, 0.1) is 0 Å². The Morgan fingerprint density at radius 1 is 0.962 bits per heavy atom. The minimum Gasteiger partial charge on any atom is -0.481 e. The first-order chi connectivity index (χ1) is 12.5. The monoisotopic (exact) mass is 354 g/mol. The van der Waals surface area contributed by atoms with Crippen LogP contribution in [0.2, 0.25) is 0 Å². The lowest BCUT2D eigenvalue weighted by Crippen LogP contribution is -2.30. The lowest BCUT2D eigenvalue weighted by atomic mass is 10.0.